The lowest BCUT2D eigenvalue weighted by atomic mass is 10.2. The molecule has 0 aromatic heterocycles. The molecule has 1 aliphatic rings. The number of carbonyl (C=O) groups is 1. The molecule has 1 atom stereocenters. The smallest absolute Gasteiger partial charge is 0.322 e. The highest BCUT2D eigenvalue weighted by Gasteiger charge is 2.25. The van der Waals surface area contributed by atoms with E-state index in [1.54, 1.807) is 7.05 Å². The van der Waals surface area contributed by atoms with Gasteiger partial charge in [-0.05, 0) is 32.9 Å². The second-order valence-electron chi connectivity index (χ2n) is 3.84. The molecule has 1 aliphatic carbocycles. The third-order valence-corrected chi connectivity index (χ3v) is 2.41. The molecule has 0 saturated heterocycles. The Labute approximate surface area is 78.9 Å². The van der Waals surface area contributed by atoms with E-state index in [4.69, 9.17) is 5.11 Å². The summed E-state index contributed by atoms with van der Waals surface area (Å²) >= 11 is 0. The number of hydrogen-bond acceptors (Lipinski definition) is 3. The molecule has 0 heterocycles. The quantitative estimate of drug-likeness (QED) is 0.613. The van der Waals surface area contributed by atoms with Crippen molar-refractivity contribution in [3.63, 3.8) is 0 Å². The van der Waals surface area contributed by atoms with Gasteiger partial charge in [0.1, 0.15) is 6.04 Å². The van der Waals surface area contributed by atoms with Gasteiger partial charge in [-0.25, -0.2) is 0 Å². The number of carboxylic acid groups (broad SMARTS) is 1. The first-order valence-corrected chi connectivity index (χ1v) is 4.72. The summed E-state index contributed by atoms with van der Waals surface area (Å²) in [5.41, 5.74) is 0. The molecular weight excluding hydrogens is 168 g/mol. The largest absolute Gasteiger partial charge is 0.480 e. The van der Waals surface area contributed by atoms with Crippen LogP contribution in [0.4, 0.5) is 0 Å². The Bertz CT molecular complexity index is 180. The minimum atomic E-state index is -0.773. The van der Waals surface area contributed by atoms with Crippen molar-refractivity contribution >= 4 is 5.97 Å². The third kappa shape index (κ3) is 3.74. The fourth-order valence-electron chi connectivity index (χ4n) is 1.42. The second-order valence-corrected chi connectivity index (χ2v) is 3.84. The number of carboxylic acids is 1. The van der Waals surface area contributed by atoms with Crippen LogP contribution < -0.4 is 5.32 Å². The molecule has 0 spiro atoms. The Morgan fingerprint density at radius 3 is 2.69 bits per heavy atom. The van der Waals surface area contributed by atoms with Crippen LogP contribution in [0.25, 0.3) is 0 Å². The predicted molar refractivity (Wildman–Crippen MR) is 50.7 cm³/mol. The number of aliphatic carboxylic acids is 1. The summed E-state index contributed by atoms with van der Waals surface area (Å²) in [4.78, 5) is 12.8. The van der Waals surface area contributed by atoms with E-state index in [2.05, 4.69) is 10.2 Å². The molecular formula is C9H18N2O2. The van der Waals surface area contributed by atoms with Crippen molar-refractivity contribution in [1.82, 2.24) is 10.2 Å². The zero-order valence-corrected chi connectivity index (χ0v) is 8.29. The first-order valence-electron chi connectivity index (χ1n) is 4.72. The fourth-order valence-corrected chi connectivity index (χ4v) is 1.42. The van der Waals surface area contributed by atoms with Crippen molar-refractivity contribution in [2.75, 3.05) is 27.2 Å². The summed E-state index contributed by atoms with van der Waals surface area (Å²) in [5, 5.41) is 11.6. The van der Waals surface area contributed by atoms with E-state index in [0.29, 0.717) is 6.54 Å². The molecule has 0 radical (unpaired) electrons. The Morgan fingerprint density at radius 2 is 2.31 bits per heavy atom. The van der Waals surface area contributed by atoms with Crippen molar-refractivity contribution in [3.8, 4) is 0 Å². The van der Waals surface area contributed by atoms with Crippen LogP contribution in [0.2, 0.25) is 0 Å². The third-order valence-electron chi connectivity index (χ3n) is 2.41. The molecule has 1 rings (SSSR count). The molecule has 76 valence electrons. The van der Waals surface area contributed by atoms with Gasteiger partial charge in [0.2, 0.25) is 0 Å². The van der Waals surface area contributed by atoms with Crippen molar-refractivity contribution in [2.45, 2.75) is 18.9 Å². The van der Waals surface area contributed by atoms with Gasteiger partial charge in [0.15, 0.2) is 0 Å². The van der Waals surface area contributed by atoms with Crippen LogP contribution in [0.3, 0.4) is 0 Å². The maximum atomic E-state index is 10.7. The van der Waals surface area contributed by atoms with Crippen molar-refractivity contribution in [2.24, 2.45) is 5.92 Å². The number of nitrogens with zero attached hydrogens (tertiary/aromatic N) is 1. The predicted octanol–water partition coefficient (Wildman–Crippen LogP) is 0.000800. The van der Waals surface area contributed by atoms with Gasteiger partial charge in [-0.15, -0.1) is 0 Å². The Kier molecular flexibility index (Phi) is 3.69. The van der Waals surface area contributed by atoms with Gasteiger partial charge in [-0.3, -0.25) is 4.79 Å². The summed E-state index contributed by atoms with van der Waals surface area (Å²) in [7, 11) is 3.66. The lowest BCUT2D eigenvalue weighted by Crippen LogP contribution is -2.43. The summed E-state index contributed by atoms with van der Waals surface area (Å²) in [6.45, 7) is 1.62. The molecule has 0 bridgehead atoms. The van der Waals surface area contributed by atoms with E-state index >= 15 is 0 Å². The summed E-state index contributed by atoms with van der Waals surface area (Å²) < 4.78 is 0. The maximum Gasteiger partial charge on any atom is 0.322 e. The molecule has 4 heteroatoms. The highest BCUT2D eigenvalue weighted by Crippen LogP contribution is 2.29. The summed E-state index contributed by atoms with van der Waals surface area (Å²) in [6.07, 6.45) is 2.61. The van der Waals surface area contributed by atoms with Crippen LogP contribution in [0.5, 0.6) is 0 Å². The summed E-state index contributed by atoms with van der Waals surface area (Å²) in [6, 6.07) is -0.441. The highest BCUT2D eigenvalue weighted by molar-refractivity contribution is 5.73. The molecule has 2 N–H and O–H groups in total. The van der Waals surface area contributed by atoms with Crippen molar-refractivity contribution < 1.29 is 9.90 Å². The van der Waals surface area contributed by atoms with E-state index in [-0.39, 0.29) is 0 Å². The minimum absolute atomic E-state index is 0.441. The van der Waals surface area contributed by atoms with Gasteiger partial charge in [-0.1, -0.05) is 0 Å². The van der Waals surface area contributed by atoms with Crippen LogP contribution in [-0.4, -0.2) is 49.2 Å². The van der Waals surface area contributed by atoms with Crippen molar-refractivity contribution in [3.05, 3.63) is 0 Å². The molecule has 0 aliphatic heterocycles. The average Bonchev–Trinajstić information content (AvgIpc) is 2.83. The molecule has 1 fully saturated rings. The molecule has 0 amide bonds. The van der Waals surface area contributed by atoms with Crippen LogP contribution in [0.1, 0.15) is 12.8 Å². The topological polar surface area (TPSA) is 52.6 Å². The van der Waals surface area contributed by atoms with E-state index < -0.39 is 12.0 Å². The number of nitrogens with one attached hydrogen (secondary N) is 1. The molecule has 1 unspecified atom stereocenters. The van der Waals surface area contributed by atoms with Gasteiger partial charge in [0.05, 0.1) is 0 Å². The zero-order chi connectivity index (χ0) is 9.84. The molecule has 4 nitrogen and oxygen atoms in total. The van der Waals surface area contributed by atoms with E-state index in [0.717, 1.165) is 12.5 Å². The van der Waals surface area contributed by atoms with Gasteiger partial charge < -0.3 is 15.3 Å². The molecule has 1 saturated carbocycles. The van der Waals surface area contributed by atoms with Crippen LogP contribution >= 0.6 is 0 Å². The first kappa shape index (κ1) is 10.5. The monoisotopic (exact) mass is 186 g/mol. The van der Waals surface area contributed by atoms with Crippen LogP contribution in [0.15, 0.2) is 0 Å². The molecule has 13 heavy (non-hydrogen) atoms. The zero-order valence-electron chi connectivity index (χ0n) is 8.29. The molecule has 0 aromatic rings. The SMILES string of the molecule is CNC(CN(C)CC1CC1)C(=O)O. The van der Waals surface area contributed by atoms with E-state index in [1.165, 1.54) is 12.8 Å². The Hall–Kier alpha value is -0.610. The average molecular weight is 186 g/mol. The number of likely N-dealkylation sites (N-methyl/N-ethyl adjacent to an activating group) is 2. The number of rotatable bonds is 6. The van der Waals surface area contributed by atoms with Crippen molar-refractivity contribution in [1.29, 1.82) is 0 Å². The lowest BCUT2D eigenvalue weighted by molar-refractivity contribution is -0.139. The lowest BCUT2D eigenvalue weighted by Gasteiger charge is -2.20. The van der Waals surface area contributed by atoms with Gasteiger partial charge in [0.25, 0.3) is 0 Å². The van der Waals surface area contributed by atoms with E-state index in [9.17, 15) is 4.79 Å². The maximum absolute atomic E-state index is 10.7. The van der Waals surface area contributed by atoms with E-state index in [1.807, 2.05) is 7.05 Å². The van der Waals surface area contributed by atoms with Crippen LogP contribution in [-0.2, 0) is 4.79 Å². The highest BCUT2D eigenvalue weighted by atomic mass is 16.4. The second kappa shape index (κ2) is 4.58. The standard InChI is InChI=1S/C9H18N2O2/c1-10-8(9(12)13)6-11(2)5-7-3-4-7/h7-8,10H,3-6H2,1-2H3,(H,12,13). The normalized spacial score (nSPS) is 19.0. The Morgan fingerprint density at radius 1 is 1.69 bits per heavy atom. The minimum Gasteiger partial charge on any atom is -0.480 e. The fraction of sp³-hybridized carbons (Fsp3) is 0.889. The summed E-state index contributed by atoms with van der Waals surface area (Å²) in [5.74, 6) is 0.0430. The van der Waals surface area contributed by atoms with Gasteiger partial charge in [0, 0.05) is 13.1 Å². The number of hydrogen-bond donors (Lipinski definition) is 2. The van der Waals surface area contributed by atoms with Gasteiger partial charge >= 0.3 is 5.97 Å². The Balaban J connectivity index is 2.22. The first-order chi connectivity index (χ1) is 6.13. The van der Waals surface area contributed by atoms with Crippen LogP contribution in [0, 0.1) is 5.92 Å². The van der Waals surface area contributed by atoms with Gasteiger partial charge in [-0.2, -0.15) is 0 Å². The molecule has 0 aromatic carbocycles.